The fourth-order valence-corrected chi connectivity index (χ4v) is 1.65. The number of nitrogen functional groups attached to an aromatic ring is 1. The zero-order valence-electron chi connectivity index (χ0n) is 9.64. The van der Waals surface area contributed by atoms with Crippen molar-refractivity contribution in [2.24, 2.45) is 0 Å². The number of hydrogen-bond donors (Lipinski definition) is 2. The summed E-state index contributed by atoms with van der Waals surface area (Å²) in [4.78, 5) is 18.7. The third kappa shape index (κ3) is 2.41. The van der Waals surface area contributed by atoms with E-state index in [1.807, 2.05) is 13.0 Å². The van der Waals surface area contributed by atoms with Crippen molar-refractivity contribution in [3.05, 3.63) is 40.7 Å². The Morgan fingerprint density at radius 3 is 2.89 bits per heavy atom. The predicted molar refractivity (Wildman–Crippen MR) is 71.3 cm³/mol. The highest BCUT2D eigenvalue weighted by molar-refractivity contribution is 6.30. The summed E-state index contributed by atoms with van der Waals surface area (Å²) in [6, 6.07) is 5.41. The number of halogens is 1. The molecular formula is C12H11ClN4O. The molecule has 92 valence electrons. The summed E-state index contributed by atoms with van der Waals surface area (Å²) in [6.07, 6.45) is 1.92. The summed E-state index contributed by atoms with van der Waals surface area (Å²) in [5.74, 6) is 0.505. The topological polar surface area (TPSA) is 80.9 Å². The number of aromatic nitrogens is 2. The van der Waals surface area contributed by atoms with Crippen molar-refractivity contribution < 1.29 is 4.79 Å². The second-order valence-electron chi connectivity index (χ2n) is 3.72. The molecule has 0 aliphatic heterocycles. The van der Waals surface area contributed by atoms with Gasteiger partial charge in [0.25, 0.3) is 0 Å². The zero-order chi connectivity index (χ0) is 13.1. The van der Waals surface area contributed by atoms with Crippen LogP contribution in [0.3, 0.4) is 0 Å². The van der Waals surface area contributed by atoms with Gasteiger partial charge in [-0.05, 0) is 24.6 Å². The van der Waals surface area contributed by atoms with Crippen LogP contribution in [0.2, 0.25) is 5.02 Å². The number of carbonyl (C=O) groups excluding carboxylic acids is 1. The van der Waals surface area contributed by atoms with Gasteiger partial charge in [0.05, 0.1) is 5.56 Å². The number of aldehydes is 1. The van der Waals surface area contributed by atoms with Crippen LogP contribution in [-0.4, -0.2) is 16.3 Å². The first kappa shape index (κ1) is 12.3. The number of nitrogens with one attached hydrogen (secondary N) is 1. The summed E-state index contributed by atoms with van der Waals surface area (Å²) in [5, 5.41) is 3.62. The van der Waals surface area contributed by atoms with E-state index in [4.69, 9.17) is 17.3 Å². The molecule has 1 aromatic carbocycles. The van der Waals surface area contributed by atoms with Crippen molar-refractivity contribution in [1.29, 1.82) is 0 Å². The second kappa shape index (κ2) is 5.01. The first-order valence-corrected chi connectivity index (χ1v) is 5.58. The molecule has 0 atom stereocenters. The van der Waals surface area contributed by atoms with Crippen LogP contribution in [0, 0.1) is 6.92 Å². The minimum Gasteiger partial charge on any atom is -0.383 e. The maximum absolute atomic E-state index is 11.0. The van der Waals surface area contributed by atoms with Gasteiger partial charge in [-0.25, -0.2) is 9.97 Å². The summed E-state index contributed by atoms with van der Waals surface area (Å²) in [6.45, 7) is 1.92. The Balaban J connectivity index is 2.43. The van der Waals surface area contributed by atoms with Crippen LogP contribution in [-0.2, 0) is 0 Å². The maximum Gasteiger partial charge on any atom is 0.157 e. The van der Waals surface area contributed by atoms with Crippen LogP contribution in [0.1, 0.15) is 15.9 Å². The highest BCUT2D eigenvalue weighted by Crippen LogP contribution is 2.25. The van der Waals surface area contributed by atoms with Crippen molar-refractivity contribution in [3.63, 3.8) is 0 Å². The average Bonchev–Trinajstić information content (AvgIpc) is 2.34. The first-order chi connectivity index (χ1) is 8.61. The van der Waals surface area contributed by atoms with E-state index in [2.05, 4.69) is 15.3 Å². The number of hydrogen-bond acceptors (Lipinski definition) is 5. The molecule has 6 heteroatoms. The number of aryl methyl sites for hydroxylation is 1. The molecule has 18 heavy (non-hydrogen) atoms. The van der Waals surface area contributed by atoms with Gasteiger partial charge in [-0.3, -0.25) is 4.79 Å². The molecule has 0 radical (unpaired) electrons. The van der Waals surface area contributed by atoms with Crippen LogP contribution in [0.4, 0.5) is 17.3 Å². The van der Waals surface area contributed by atoms with Crippen LogP contribution < -0.4 is 11.1 Å². The van der Waals surface area contributed by atoms with E-state index in [0.717, 1.165) is 11.3 Å². The minimum atomic E-state index is 0.141. The first-order valence-electron chi connectivity index (χ1n) is 5.20. The lowest BCUT2D eigenvalue weighted by atomic mass is 10.2. The molecule has 0 bridgehead atoms. The van der Waals surface area contributed by atoms with Gasteiger partial charge >= 0.3 is 0 Å². The zero-order valence-corrected chi connectivity index (χ0v) is 10.4. The van der Waals surface area contributed by atoms with Crippen LogP contribution >= 0.6 is 11.6 Å². The normalized spacial score (nSPS) is 10.1. The van der Waals surface area contributed by atoms with Crippen molar-refractivity contribution >= 4 is 35.2 Å². The highest BCUT2D eigenvalue weighted by atomic mass is 35.5. The Labute approximate surface area is 109 Å². The molecule has 0 spiro atoms. The molecular weight excluding hydrogens is 252 g/mol. The van der Waals surface area contributed by atoms with Crippen molar-refractivity contribution in [2.45, 2.75) is 6.92 Å². The monoisotopic (exact) mass is 262 g/mol. The number of benzene rings is 1. The lowest BCUT2D eigenvalue weighted by Gasteiger charge is -2.11. The Hall–Kier alpha value is -2.14. The molecule has 0 unspecified atom stereocenters. The van der Waals surface area contributed by atoms with Gasteiger partial charge in [0, 0.05) is 10.7 Å². The molecule has 2 rings (SSSR count). The van der Waals surface area contributed by atoms with E-state index in [9.17, 15) is 4.79 Å². The Bertz CT molecular complexity index is 601. The van der Waals surface area contributed by atoms with Crippen molar-refractivity contribution in [3.8, 4) is 0 Å². The third-order valence-electron chi connectivity index (χ3n) is 2.49. The Morgan fingerprint density at radius 2 is 2.17 bits per heavy atom. The van der Waals surface area contributed by atoms with Crippen molar-refractivity contribution in [1.82, 2.24) is 9.97 Å². The molecule has 1 aromatic heterocycles. The number of nitrogens with zero attached hydrogens (tertiary/aromatic N) is 2. The van der Waals surface area contributed by atoms with Crippen molar-refractivity contribution in [2.75, 3.05) is 11.1 Å². The highest BCUT2D eigenvalue weighted by Gasteiger charge is 2.09. The molecule has 0 saturated carbocycles. The second-order valence-corrected chi connectivity index (χ2v) is 4.16. The van der Waals surface area contributed by atoms with E-state index in [1.54, 1.807) is 12.1 Å². The van der Waals surface area contributed by atoms with Gasteiger partial charge in [0.2, 0.25) is 0 Å². The molecule has 3 N–H and O–H groups in total. The van der Waals surface area contributed by atoms with E-state index in [-0.39, 0.29) is 11.4 Å². The quantitative estimate of drug-likeness (QED) is 0.831. The van der Waals surface area contributed by atoms with E-state index >= 15 is 0 Å². The van der Waals surface area contributed by atoms with Gasteiger partial charge < -0.3 is 11.1 Å². The van der Waals surface area contributed by atoms with Gasteiger partial charge in [0.1, 0.15) is 18.0 Å². The molecule has 0 aliphatic rings. The molecule has 0 aliphatic carbocycles. The smallest absolute Gasteiger partial charge is 0.157 e. The molecule has 0 amide bonds. The summed E-state index contributed by atoms with van der Waals surface area (Å²) >= 11 is 5.92. The van der Waals surface area contributed by atoms with Gasteiger partial charge in [-0.15, -0.1) is 0 Å². The number of carbonyl (C=O) groups is 1. The van der Waals surface area contributed by atoms with E-state index in [0.29, 0.717) is 17.1 Å². The number of anilines is 3. The van der Waals surface area contributed by atoms with Gasteiger partial charge in [0.15, 0.2) is 6.29 Å². The Morgan fingerprint density at radius 1 is 1.39 bits per heavy atom. The maximum atomic E-state index is 11.0. The van der Waals surface area contributed by atoms with E-state index < -0.39 is 0 Å². The molecule has 0 fully saturated rings. The summed E-state index contributed by atoms with van der Waals surface area (Å²) < 4.78 is 0. The molecule has 5 nitrogen and oxygen atoms in total. The van der Waals surface area contributed by atoms with Gasteiger partial charge in [-0.1, -0.05) is 17.7 Å². The minimum absolute atomic E-state index is 0.141. The van der Waals surface area contributed by atoms with E-state index in [1.165, 1.54) is 6.33 Å². The molecule has 0 saturated heterocycles. The van der Waals surface area contributed by atoms with Gasteiger partial charge in [-0.2, -0.15) is 0 Å². The fourth-order valence-electron chi connectivity index (χ4n) is 1.48. The number of rotatable bonds is 3. The van der Waals surface area contributed by atoms with Crippen LogP contribution in [0.15, 0.2) is 24.5 Å². The lowest BCUT2D eigenvalue weighted by Crippen LogP contribution is -2.05. The molecule has 2 aromatic rings. The lowest BCUT2D eigenvalue weighted by molar-refractivity contribution is 0.112. The SMILES string of the molecule is Cc1ccc(Cl)cc1Nc1ncnc(N)c1C=O. The molecule has 1 heterocycles. The van der Waals surface area contributed by atoms with Crippen LogP contribution in [0.5, 0.6) is 0 Å². The number of nitrogens with two attached hydrogens (primary N) is 1. The predicted octanol–water partition coefficient (Wildman–Crippen LogP) is 2.58. The largest absolute Gasteiger partial charge is 0.383 e. The fraction of sp³-hybridized carbons (Fsp3) is 0.0833. The third-order valence-corrected chi connectivity index (χ3v) is 2.72. The summed E-state index contributed by atoms with van der Waals surface area (Å²) in [7, 11) is 0. The Kier molecular flexibility index (Phi) is 3.43. The standard InChI is InChI=1S/C12H11ClN4O/c1-7-2-3-8(13)4-10(7)17-12-9(5-18)11(14)15-6-16-12/h2-6H,1H3,(H3,14,15,16,17). The average molecular weight is 263 g/mol. The summed E-state index contributed by atoms with van der Waals surface area (Å²) in [5.41, 5.74) is 7.59. The van der Waals surface area contributed by atoms with Crippen LogP contribution in [0.25, 0.3) is 0 Å².